The number of nitrogens with zero attached hydrogens (tertiary/aromatic N) is 1. The summed E-state index contributed by atoms with van der Waals surface area (Å²) in [5.74, 6) is 2.42. The minimum Gasteiger partial charge on any atom is -0.387 e. The summed E-state index contributed by atoms with van der Waals surface area (Å²) >= 11 is 13.0. The van der Waals surface area contributed by atoms with Gasteiger partial charge < -0.3 is 10.4 Å². The second-order valence-corrected chi connectivity index (χ2v) is 11.3. The van der Waals surface area contributed by atoms with Crippen LogP contribution in [0.2, 0.25) is 10.0 Å². The zero-order valence-corrected chi connectivity index (χ0v) is 18.9. The van der Waals surface area contributed by atoms with Gasteiger partial charge in [-0.15, -0.1) is 0 Å². The number of pyridine rings is 1. The summed E-state index contributed by atoms with van der Waals surface area (Å²) in [5, 5.41) is 17.1. The molecule has 2 aromatic rings. The molecular formula is C25H30Cl2N2O. The number of aromatic nitrogens is 1. The Balaban J connectivity index is 1.52. The molecule has 6 rings (SSSR count). The summed E-state index contributed by atoms with van der Waals surface area (Å²) in [6, 6.07) is 6.04. The Hall–Kier alpha value is -0.870. The van der Waals surface area contributed by atoms with Gasteiger partial charge in [-0.2, -0.15) is 0 Å². The fourth-order valence-corrected chi connectivity index (χ4v) is 8.04. The maximum atomic E-state index is 11.5. The molecule has 2 heterocycles. The lowest BCUT2D eigenvalue weighted by atomic mass is 9.60. The van der Waals surface area contributed by atoms with E-state index in [0.717, 1.165) is 53.6 Å². The summed E-state index contributed by atoms with van der Waals surface area (Å²) in [5.41, 5.74) is 3.12. The number of piperidine rings is 1. The van der Waals surface area contributed by atoms with E-state index in [1.807, 2.05) is 6.07 Å². The first-order valence-electron chi connectivity index (χ1n) is 11.7. The van der Waals surface area contributed by atoms with Crippen LogP contribution < -0.4 is 5.32 Å². The molecule has 4 aliphatic rings. The molecule has 3 saturated carbocycles. The third-order valence-corrected chi connectivity index (χ3v) is 9.22. The van der Waals surface area contributed by atoms with Crippen molar-refractivity contribution in [2.45, 2.75) is 75.3 Å². The first-order valence-corrected chi connectivity index (χ1v) is 12.5. The van der Waals surface area contributed by atoms with E-state index in [9.17, 15) is 5.11 Å². The van der Waals surface area contributed by atoms with Crippen molar-refractivity contribution in [3.8, 4) is 0 Å². The lowest BCUT2D eigenvalue weighted by Crippen LogP contribution is -2.41. The van der Waals surface area contributed by atoms with Gasteiger partial charge in [-0.25, -0.2) is 0 Å². The highest BCUT2D eigenvalue weighted by atomic mass is 35.5. The third-order valence-electron chi connectivity index (χ3n) is 8.72. The number of nitrogens with one attached hydrogen (secondary N) is 1. The van der Waals surface area contributed by atoms with Crippen LogP contribution in [-0.2, 0) is 5.41 Å². The standard InChI is InChI=1S/C25H30Cl2N2O/c26-17-9-18-19(24(30)21-3-1-2-6-28-21)11-22(29-23(18)20(27)10-17)25-12-14-4-5-16(25)8-15(7-14)13-25/h9-11,14-16,21,24,28,30H,1-8,12-13H2/t14-,15-,16+,21+,24-,25+/m0/s1. The molecule has 1 aromatic carbocycles. The fraction of sp³-hybridized carbons (Fsp3) is 0.640. The van der Waals surface area contributed by atoms with Crippen molar-refractivity contribution in [3.05, 3.63) is 39.5 Å². The normalized spacial score (nSPS) is 36.4. The fourth-order valence-electron chi connectivity index (χ4n) is 7.50. The molecule has 30 heavy (non-hydrogen) atoms. The van der Waals surface area contributed by atoms with Gasteiger partial charge in [0.05, 0.1) is 16.6 Å². The summed E-state index contributed by atoms with van der Waals surface area (Å²) in [6.45, 7) is 0.967. The Labute approximate surface area is 188 Å². The van der Waals surface area contributed by atoms with Crippen LogP contribution in [0.1, 0.15) is 75.1 Å². The van der Waals surface area contributed by atoms with Gasteiger partial charge in [-0.1, -0.05) is 36.0 Å². The maximum Gasteiger partial charge on any atom is 0.0950 e. The Morgan fingerprint density at radius 2 is 1.90 bits per heavy atom. The Kier molecular flexibility index (Phi) is 4.84. The third kappa shape index (κ3) is 3.03. The summed E-state index contributed by atoms with van der Waals surface area (Å²) in [6.07, 6.45) is 10.7. The quantitative estimate of drug-likeness (QED) is 0.593. The van der Waals surface area contributed by atoms with E-state index in [-0.39, 0.29) is 11.5 Å². The van der Waals surface area contributed by atoms with Crippen LogP contribution >= 0.6 is 23.2 Å². The van der Waals surface area contributed by atoms with Crippen LogP contribution in [0.25, 0.3) is 10.9 Å². The highest BCUT2D eigenvalue weighted by Gasteiger charge is 2.56. The van der Waals surface area contributed by atoms with Gasteiger partial charge >= 0.3 is 0 Å². The highest BCUT2D eigenvalue weighted by Crippen LogP contribution is 2.63. The minimum atomic E-state index is -0.571. The van der Waals surface area contributed by atoms with Gasteiger partial charge in [-0.3, -0.25) is 4.98 Å². The minimum absolute atomic E-state index is 0.0755. The predicted molar refractivity (Wildman–Crippen MR) is 122 cm³/mol. The molecule has 4 fully saturated rings. The second-order valence-electron chi connectivity index (χ2n) is 10.4. The number of aliphatic hydroxyl groups excluding tert-OH is 1. The van der Waals surface area contributed by atoms with Gasteiger partial charge in [0.25, 0.3) is 0 Å². The molecule has 3 nitrogen and oxygen atoms in total. The smallest absolute Gasteiger partial charge is 0.0950 e. The molecule has 160 valence electrons. The molecule has 1 saturated heterocycles. The average Bonchev–Trinajstić information content (AvgIpc) is 2.90. The van der Waals surface area contributed by atoms with Crippen molar-refractivity contribution in [2.75, 3.05) is 6.54 Å². The van der Waals surface area contributed by atoms with Crippen molar-refractivity contribution >= 4 is 34.1 Å². The van der Waals surface area contributed by atoms with Gasteiger partial charge in [0, 0.05) is 27.6 Å². The number of aliphatic hydroxyl groups is 1. The van der Waals surface area contributed by atoms with Crippen molar-refractivity contribution in [3.63, 3.8) is 0 Å². The molecule has 0 spiro atoms. The number of hydrogen-bond acceptors (Lipinski definition) is 3. The zero-order chi connectivity index (χ0) is 20.5. The summed E-state index contributed by atoms with van der Waals surface area (Å²) in [7, 11) is 0. The van der Waals surface area contributed by atoms with E-state index in [4.69, 9.17) is 28.2 Å². The second kappa shape index (κ2) is 7.33. The van der Waals surface area contributed by atoms with E-state index < -0.39 is 6.10 Å². The topological polar surface area (TPSA) is 45.2 Å². The van der Waals surface area contributed by atoms with Crippen LogP contribution in [0.15, 0.2) is 18.2 Å². The van der Waals surface area contributed by atoms with E-state index in [2.05, 4.69) is 11.4 Å². The first kappa shape index (κ1) is 19.8. The van der Waals surface area contributed by atoms with Crippen molar-refractivity contribution in [1.29, 1.82) is 0 Å². The van der Waals surface area contributed by atoms with Crippen molar-refractivity contribution in [1.82, 2.24) is 10.3 Å². The monoisotopic (exact) mass is 444 g/mol. The Bertz CT molecular complexity index is 989. The first-order chi connectivity index (χ1) is 14.5. The van der Waals surface area contributed by atoms with Gasteiger partial charge in [0.2, 0.25) is 0 Å². The summed E-state index contributed by atoms with van der Waals surface area (Å²) in [4.78, 5) is 5.19. The molecule has 1 aliphatic heterocycles. The number of halogens is 2. The van der Waals surface area contributed by atoms with Crippen LogP contribution in [0.5, 0.6) is 0 Å². The number of rotatable bonds is 3. The van der Waals surface area contributed by atoms with Gasteiger partial charge in [0.1, 0.15) is 0 Å². The number of fused-ring (bicyclic) bond motifs is 3. The van der Waals surface area contributed by atoms with E-state index in [0.29, 0.717) is 10.0 Å². The molecule has 2 N–H and O–H groups in total. The molecule has 0 radical (unpaired) electrons. The largest absolute Gasteiger partial charge is 0.387 e. The highest BCUT2D eigenvalue weighted by molar-refractivity contribution is 6.38. The molecule has 6 atom stereocenters. The zero-order valence-electron chi connectivity index (χ0n) is 17.3. The molecule has 5 heteroatoms. The molecule has 1 aromatic heterocycles. The maximum absolute atomic E-state index is 11.5. The van der Waals surface area contributed by atoms with Crippen molar-refractivity contribution < 1.29 is 5.11 Å². The lowest BCUT2D eigenvalue weighted by molar-refractivity contribution is 0.113. The molecular weight excluding hydrogens is 415 g/mol. The van der Waals surface area contributed by atoms with Gasteiger partial charge in [-0.05, 0) is 93.0 Å². The lowest BCUT2D eigenvalue weighted by Gasteiger charge is -2.45. The number of benzene rings is 1. The molecule has 0 unspecified atom stereocenters. The van der Waals surface area contributed by atoms with Crippen LogP contribution in [0.4, 0.5) is 0 Å². The van der Waals surface area contributed by atoms with E-state index >= 15 is 0 Å². The SMILES string of the molecule is O[C@@H](c1cc([C@@]23C[C@H]4CC[C@@H]2C[C@H](C4)C3)nc2c(Cl)cc(Cl)cc12)[C@H]1CCCCN1. The van der Waals surface area contributed by atoms with E-state index in [1.54, 1.807) is 6.07 Å². The molecule has 3 aliphatic carbocycles. The van der Waals surface area contributed by atoms with Crippen LogP contribution in [-0.4, -0.2) is 22.7 Å². The summed E-state index contributed by atoms with van der Waals surface area (Å²) < 4.78 is 0. The van der Waals surface area contributed by atoms with Crippen molar-refractivity contribution in [2.24, 2.45) is 17.8 Å². The number of hydrogen-bond donors (Lipinski definition) is 2. The van der Waals surface area contributed by atoms with Crippen LogP contribution in [0.3, 0.4) is 0 Å². The Morgan fingerprint density at radius 1 is 1.03 bits per heavy atom. The molecule has 3 bridgehead atoms. The van der Waals surface area contributed by atoms with Gasteiger partial charge in [0.15, 0.2) is 0 Å². The van der Waals surface area contributed by atoms with Crippen LogP contribution in [0, 0.1) is 17.8 Å². The molecule has 0 amide bonds. The average molecular weight is 445 g/mol. The Morgan fingerprint density at radius 3 is 2.73 bits per heavy atom. The van der Waals surface area contributed by atoms with E-state index in [1.165, 1.54) is 50.6 Å². The predicted octanol–water partition coefficient (Wildman–Crippen LogP) is 6.18.